The highest BCUT2D eigenvalue weighted by Gasteiger charge is 2.28. The molecule has 0 spiro atoms. The number of hydrogen-bond donors (Lipinski definition) is 1. The minimum atomic E-state index is -0.909. The zero-order chi connectivity index (χ0) is 15.0. The van der Waals surface area contributed by atoms with Crippen molar-refractivity contribution in [2.45, 2.75) is 26.4 Å². The first-order valence-corrected chi connectivity index (χ1v) is 7.03. The van der Waals surface area contributed by atoms with Gasteiger partial charge < -0.3 is 24.4 Å². The third kappa shape index (κ3) is 5.34. The fraction of sp³-hybridized carbons (Fsp3) is 0.846. The third-order valence-corrected chi connectivity index (χ3v) is 3.17. The molecular formula is C13H24N2O5. The van der Waals surface area contributed by atoms with E-state index in [0.717, 1.165) is 0 Å². The Balaban J connectivity index is 2.48. The molecule has 7 heteroatoms. The van der Waals surface area contributed by atoms with Crippen molar-refractivity contribution in [3.63, 3.8) is 0 Å². The van der Waals surface area contributed by atoms with Crippen molar-refractivity contribution >= 4 is 12.0 Å². The van der Waals surface area contributed by atoms with Crippen molar-refractivity contribution in [1.29, 1.82) is 0 Å². The summed E-state index contributed by atoms with van der Waals surface area (Å²) in [5.74, 6) is -0.909. The summed E-state index contributed by atoms with van der Waals surface area (Å²) in [6.45, 7) is 7.33. The molecule has 1 N–H and O–H groups in total. The van der Waals surface area contributed by atoms with Gasteiger partial charge in [0.25, 0.3) is 0 Å². The van der Waals surface area contributed by atoms with Crippen LogP contribution in [0.15, 0.2) is 0 Å². The van der Waals surface area contributed by atoms with Crippen LogP contribution in [-0.2, 0) is 14.3 Å². The molecule has 2 amide bonds. The standard InChI is InChI=1S/C13H24N2O5/c1-3-14(5-7-19-4-2)13(18)15-6-8-20-11(10-15)9-12(16)17/h11H,3-10H2,1-2H3,(H,16,17). The summed E-state index contributed by atoms with van der Waals surface area (Å²) < 4.78 is 10.6. The van der Waals surface area contributed by atoms with Gasteiger partial charge in [-0.15, -0.1) is 0 Å². The average molecular weight is 288 g/mol. The number of likely N-dealkylation sites (N-methyl/N-ethyl adjacent to an activating group) is 1. The predicted octanol–water partition coefficient (Wildman–Crippen LogP) is 0.640. The first-order chi connectivity index (χ1) is 9.58. The molecule has 0 aliphatic carbocycles. The number of amides is 2. The van der Waals surface area contributed by atoms with Gasteiger partial charge in [-0.05, 0) is 13.8 Å². The van der Waals surface area contributed by atoms with Crippen LogP contribution >= 0.6 is 0 Å². The van der Waals surface area contributed by atoms with Crippen LogP contribution in [0.3, 0.4) is 0 Å². The normalized spacial score (nSPS) is 18.9. The molecule has 0 radical (unpaired) electrons. The molecule has 1 rings (SSSR count). The smallest absolute Gasteiger partial charge is 0.320 e. The number of carboxylic acid groups (broad SMARTS) is 1. The lowest BCUT2D eigenvalue weighted by atomic mass is 10.2. The number of carboxylic acids is 1. The summed E-state index contributed by atoms with van der Waals surface area (Å²) in [4.78, 5) is 26.4. The molecular weight excluding hydrogens is 264 g/mol. The van der Waals surface area contributed by atoms with E-state index in [1.165, 1.54) is 0 Å². The summed E-state index contributed by atoms with van der Waals surface area (Å²) in [6.07, 6.45) is -0.495. The van der Waals surface area contributed by atoms with E-state index < -0.39 is 12.1 Å². The van der Waals surface area contributed by atoms with Gasteiger partial charge in [-0.1, -0.05) is 0 Å². The number of urea groups is 1. The maximum Gasteiger partial charge on any atom is 0.320 e. The summed E-state index contributed by atoms with van der Waals surface area (Å²) in [7, 11) is 0. The molecule has 7 nitrogen and oxygen atoms in total. The number of hydrogen-bond acceptors (Lipinski definition) is 4. The number of nitrogens with zero attached hydrogens (tertiary/aromatic N) is 2. The topological polar surface area (TPSA) is 79.3 Å². The van der Waals surface area contributed by atoms with Gasteiger partial charge in [-0.2, -0.15) is 0 Å². The maximum atomic E-state index is 12.3. The lowest BCUT2D eigenvalue weighted by molar-refractivity contribution is -0.141. The van der Waals surface area contributed by atoms with Crippen molar-refractivity contribution in [2.24, 2.45) is 0 Å². The Bertz CT molecular complexity index is 324. The van der Waals surface area contributed by atoms with E-state index >= 15 is 0 Å². The largest absolute Gasteiger partial charge is 0.481 e. The Morgan fingerprint density at radius 2 is 2.20 bits per heavy atom. The summed E-state index contributed by atoms with van der Waals surface area (Å²) in [6, 6.07) is -0.0779. The van der Waals surface area contributed by atoms with E-state index in [9.17, 15) is 9.59 Å². The van der Waals surface area contributed by atoms with Gasteiger partial charge in [0.05, 0.1) is 25.7 Å². The monoisotopic (exact) mass is 288 g/mol. The van der Waals surface area contributed by atoms with Crippen LogP contribution in [0.4, 0.5) is 4.79 Å². The molecule has 1 saturated heterocycles. The second kappa shape index (κ2) is 8.76. The Hall–Kier alpha value is -1.34. The van der Waals surface area contributed by atoms with Crippen molar-refractivity contribution in [3.05, 3.63) is 0 Å². The van der Waals surface area contributed by atoms with Gasteiger partial charge >= 0.3 is 12.0 Å². The molecule has 0 aromatic heterocycles. The zero-order valence-corrected chi connectivity index (χ0v) is 12.2. The minimum Gasteiger partial charge on any atom is -0.481 e. The molecule has 1 heterocycles. The molecule has 0 aromatic carbocycles. The fourth-order valence-electron chi connectivity index (χ4n) is 2.12. The van der Waals surface area contributed by atoms with Gasteiger partial charge in [-0.25, -0.2) is 4.79 Å². The van der Waals surface area contributed by atoms with Crippen LogP contribution in [0.1, 0.15) is 20.3 Å². The van der Waals surface area contributed by atoms with E-state index in [1.807, 2.05) is 13.8 Å². The van der Waals surface area contributed by atoms with Crippen LogP contribution in [0.2, 0.25) is 0 Å². The first kappa shape index (κ1) is 16.7. The number of carbonyl (C=O) groups is 2. The van der Waals surface area contributed by atoms with Crippen molar-refractivity contribution in [1.82, 2.24) is 9.80 Å². The summed E-state index contributed by atoms with van der Waals surface area (Å²) in [5.41, 5.74) is 0. The van der Waals surface area contributed by atoms with Gasteiger partial charge in [0.2, 0.25) is 0 Å². The molecule has 0 saturated carbocycles. The third-order valence-electron chi connectivity index (χ3n) is 3.17. The molecule has 1 aliphatic rings. The Morgan fingerprint density at radius 1 is 1.45 bits per heavy atom. The lowest BCUT2D eigenvalue weighted by Gasteiger charge is -2.35. The van der Waals surface area contributed by atoms with Crippen molar-refractivity contribution in [2.75, 3.05) is 46.0 Å². The first-order valence-electron chi connectivity index (χ1n) is 7.03. The molecule has 1 atom stereocenters. The second-order valence-electron chi connectivity index (χ2n) is 4.60. The number of carbonyl (C=O) groups excluding carboxylic acids is 1. The number of morpholine rings is 1. The van der Waals surface area contributed by atoms with E-state index in [-0.39, 0.29) is 12.5 Å². The molecule has 0 aromatic rings. The van der Waals surface area contributed by atoms with Gasteiger partial charge in [0, 0.05) is 32.8 Å². The molecule has 116 valence electrons. The highest BCUT2D eigenvalue weighted by molar-refractivity contribution is 5.75. The highest BCUT2D eigenvalue weighted by atomic mass is 16.5. The van der Waals surface area contributed by atoms with E-state index in [2.05, 4.69) is 0 Å². The Morgan fingerprint density at radius 3 is 2.80 bits per heavy atom. The van der Waals surface area contributed by atoms with Crippen molar-refractivity contribution < 1.29 is 24.2 Å². The van der Waals surface area contributed by atoms with Crippen molar-refractivity contribution in [3.8, 4) is 0 Å². The van der Waals surface area contributed by atoms with E-state index in [4.69, 9.17) is 14.6 Å². The average Bonchev–Trinajstić information content (AvgIpc) is 2.42. The SMILES string of the molecule is CCOCCN(CC)C(=O)N1CCOC(CC(=O)O)C1. The lowest BCUT2D eigenvalue weighted by Crippen LogP contribution is -2.52. The van der Waals surface area contributed by atoms with Gasteiger partial charge in [0.1, 0.15) is 0 Å². The van der Waals surface area contributed by atoms with Gasteiger partial charge in [-0.3, -0.25) is 4.79 Å². The van der Waals surface area contributed by atoms with Crippen LogP contribution in [-0.4, -0.2) is 79.0 Å². The summed E-state index contributed by atoms with van der Waals surface area (Å²) >= 11 is 0. The molecule has 1 aliphatic heterocycles. The maximum absolute atomic E-state index is 12.3. The summed E-state index contributed by atoms with van der Waals surface area (Å²) in [5, 5.41) is 8.78. The second-order valence-corrected chi connectivity index (χ2v) is 4.60. The number of aliphatic carboxylic acids is 1. The van der Waals surface area contributed by atoms with Crippen LogP contribution in [0, 0.1) is 0 Å². The quantitative estimate of drug-likeness (QED) is 0.695. The number of rotatable bonds is 7. The van der Waals surface area contributed by atoms with Crippen LogP contribution in [0.25, 0.3) is 0 Å². The molecule has 20 heavy (non-hydrogen) atoms. The molecule has 1 fully saturated rings. The van der Waals surface area contributed by atoms with E-state index in [0.29, 0.717) is 46.0 Å². The fourth-order valence-corrected chi connectivity index (χ4v) is 2.12. The van der Waals surface area contributed by atoms with E-state index in [1.54, 1.807) is 9.80 Å². The Labute approximate surface area is 119 Å². The zero-order valence-electron chi connectivity index (χ0n) is 12.2. The van der Waals surface area contributed by atoms with Crippen LogP contribution < -0.4 is 0 Å². The Kier molecular flexibility index (Phi) is 7.32. The number of ether oxygens (including phenoxy) is 2. The van der Waals surface area contributed by atoms with Gasteiger partial charge in [0.15, 0.2) is 0 Å². The highest BCUT2D eigenvalue weighted by Crippen LogP contribution is 2.11. The predicted molar refractivity (Wildman–Crippen MR) is 72.7 cm³/mol. The van der Waals surface area contributed by atoms with Crippen LogP contribution in [0.5, 0.6) is 0 Å². The molecule has 0 bridgehead atoms. The minimum absolute atomic E-state index is 0.0746. The molecule has 1 unspecified atom stereocenters.